The van der Waals surface area contributed by atoms with E-state index < -0.39 is 42.2 Å². The summed E-state index contributed by atoms with van der Waals surface area (Å²) in [5.74, 6) is -0.833. The molecule has 4 N–H and O–H groups in total. The van der Waals surface area contributed by atoms with Gasteiger partial charge in [0.15, 0.2) is 5.65 Å². The maximum atomic E-state index is 14.5. The van der Waals surface area contributed by atoms with Crippen LogP contribution >= 0.6 is 11.6 Å². The van der Waals surface area contributed by atoms with Gasteiger partial charge in [0, 0.05) is 11.4 Å². The van der Waals surface area contributed by atoms with Crippen LogP contribution in [0.1, 0.15) is 47.8 Å². The number of rotatable bonds is 4. The summed E-state index contributed by atoms with van der Waals surface area (Å²) in [7, 11) is 0. The zero-order chi connectivity index (χ0) is 24.0. The molecule has 180 valence electrons. The molecule has 12 heteroatoms. The van der Waals surface area contributed by atoms with Crippen molar-refractivity contribution in [2.24, 2.45) is 0 Å². The van der Waals surface area contributed by atoms with Crippen LogP contribution in [0, 0.1) is 5.82 Å². The van der Waals surface area contributed by atoms with Crippen LogP contribution in [-0.4, -0.2) is 72.2 Å². The standard InChI is InChI=1S/C22H23ClF2N6O3/c23-13-5-4-10(24)6-12(13)15-7-11(25)8-31(15)22(34)18-17-20(26-9-27-21(17)30-29-18)28-14-2-1-3-16(32)19(14)33/h4-6,9,11,14-16,19,32-33H,1-3,7-8H2,(H2,26,27,28,29,30)/t11-,14+,15+,16+,19-/m0/s1. The summed E-state index contributed by atoms with van der Waals surface area (Å²) in [5, 5.41) is 30.8. The van der Waals surface area contributed by atoms with Crippen LogP contribution in [0.15, 0.2) is 24.5 Å². The van der Waals surface area contributed by atoms with E-state index in [0.717, 1.165) is 0 Å². The average molecular weight is 493 g/mol. The molecule has 2 aliphatic rings. The summed E-state index contributed by atoms with van der Waals surface area (Å²) in [4.78, 5) is 23.2. The topological polar surface area (TPSA) is 127 Å². The van der Waals surface area contributed by atoms with Crippen molar-refractivity contribution in [2.45, 2.75) is 56.1 Å². The highest BCUT2D eigenvalue weighted by Gasteiger charge is 2.39. The van der Waals surface area contributed by atoms with E-state index in [9.17, 15) is 23.8 Å². The summed E-state index contributed by atoms with van der Waals surface area (Å²) in [6.45, 7) is -0.194. The van der Waals surface area contributed by atoms with Crippen LogP contribution in [0.4, 0.5) is 14.6 Å². The Morgan fingerprint density at radius 1 is 1.26 bits per heavy atom. The number of aromatic amines is 1. The van der Waals surface area contributed by atoms with E-state index in [0.29, 0.717) is 24.8 Å². The molecule has 0 bridgehead atoms. The maximum Gasteiger partial charge on any atom is 0.273 e. The molecule has 1 amide bonds. The quantitative estimate of drug-likeness (QED) is 0.441. The highest BCUT2D eigenvalue weighted by Crippen LogP contribution is 2.39. The van der Waals surface area contributed by atoms with Crippen molar-refractivity contribution in [3.05, 3.63) is 46.6 Å². The maximum absolute atomic E-state index is 14.5. The molecule has 1 aromatic carbocycles. The molecule has 2 aromatic heterocycles. The molecule has 2 fully saturated rings. The minimum absolute atomic E-state index is 0.0191. The number of fused-ring (bicyclic) bond motifs is 1. The molecule has 3 aromatic rings. The minimum atomic E-state index is -1.31. The predicted octanol–water partition coefficient (Wildman–Crippen LogP) is 2.76. The third-order valence-electron chi connectivity index (χ3n) is 6.54. The molecule has 1 saturated carbocycles. The van der Waals surface area contributed by atoms with E-state index in [1.165, 1.54) is 29.4 Å². The highest BCUT2D eigenvalue weighted by molar-refractivity contribution is 6.31. The lowest BCUT2D eigenvalue weighted by atomic mass is 9.90. The van der Waals surface area contributed by atoms with Crippen molar-refractivity contribution in [1.82, 2.24) is 25.1 Å². The first-order valence-electron chi connectivity index (χ1n) is 11.0. The summed E-state index contributed by atoms with van der Waals surface area (Å²) in [6.07, 6.45) is -0.119. The highest BCUT2D eigenvalue weighted by atomic mass is 35.5. The molecule has 1 aliphatic heterocycles. The molecule has 0 spiro atoms. The number of hydrogen-bond acceptors (Lipinski definition) is 7. The largest absolute Gasteiger partial charge is 0.390 e. The molecule has 9 nitrogen and oxygen atoms in total. The van der Waals surface area contributed by atoms with Gasteiger partial charge in [-0.3, -0.25) is 9.89 Å². The van der Waals surface area contributed by atoms with E-state index in [4.69, 9.17) is 11.6 Å². The van der Waals surface area contributed by atoms with Crippen LogP contribution in [0.25, 0.3) is 11.0 Å². The molecule has 3 heterocycles. The predicted molar refractivity (Wildman–Crippen MR) is 120 cm³/mol. The summed E-state index contributed by atoms with van der Waals surface area (Å²) in [6, 6.07) is 2.54. The van der Waals surface area contributed by atoms with Crippen LogP contribution in [-0.2, 0) is 0 Å². The van der Waals surface area contributed by atoms with Gasteiger partial charge >= 0.3 is 0 Å². The van der Waals surface area contributed by atoms with Gasteiger partial charge in [0.2, 0.25) is 0 Å². The van der Waals surface area contributed by atoms with Crippen LogP contribution in [0.5, 0.6) is 0 Å². The number of amides is 1. The molecule has 5 atom stereocenters. The number of benzene rings is 1. The number of aromatic nitrogens is 4. The van der Waals surface area contributed by atoms with Crippen molar-refractivity contribution in [2.75, 3.05) is 11.9 Å². The number of aliphatic hydroxyl groups excluding tert-OH is 2. The lowest BCUT2D eigenvalue weighted by molar-refractivity contribution is -0.0161. The lowest BCUT2D eigenvalue weighted by Crippen LogP contribution is -2.45. The number of hydrogen-bond donors (Lipinski definition) is 4. The summed E-state index contributed by atoms with van der Waals surface area (Å²) in [5.41, 5.74) is 0.575. The number of nitrogens with zero attached hydrogens (tertiary/aromatic N) is 4. The lowest BCUT2D eigenvalue weighted by Gasteiger charge is -2.32. The number of nitrogens with one attached hydrogen (secondary N) is 2. The smallest absolute Gasteiger partial charge is 0.273 e. The summed E-state index contributed by atoms with van der Waals surface area (Å²) < 4.78 is 28.4. The number of aliphatic hydroxyl groups is 2. The first-order chi connectivity index (χ1) is 16.3. The van der Waals surface area contributed by atoms with Gasteiger partial charge in [-0.15, -0.1) is 0 Å². The number of anilines is 1. The van der Waals surface area contributed by atoms with Gasteiger partial charge in [0.25, 0.3) is 5.91 Å². The zero-order valence-corrected chi connectivity index (χ0v) is 18.7. The van der Waals surface area contributed by atoms with Crippen molar-refractivity contribution in [1.29, 1.82) is 0 Å². The molecule has 0 unspecified atom stereocenters. The van der Waals surface area contributed by atoms with Gasteiger partial charge in [0.1, 0.15) is 29.8 Å². The Hall–Kier alpha value is -2.89. The number of H-pyrrole nitrogens is 1. The number of likely N-dealkylation sites (tertiary alicyclic amines) is 1. The fourth-order valence-corrected chi connectivity index (χ4v) is 5.07. The van der Waals surface area contributed by atoms with Crippen LogP contribution in [0.2, 0.25) is 5.02 Å². The van der Waals surface area contributed by atoms with Gasteiger partial charge < -0.3 is 20.4 Å². The van der Waals surface area contributed by atoms with Gasteiger partial charge in [0.05, 0.1) is 36.2 Å². The van der Waals surface area contributed by atoms with Crippen LogP contribution in [0.3, 0.4) is 0 Å². The minimum Gasteiger partial charge on any atom is -0.390 e. The Morgan fingerprint density at radius 2 is 2.09 bits per heavy atom. The Bertz CT molecular complexity index is 1230. The fourth-order valence-electron chi connectivity index (χ4n) is 4.83. The van der Waals surface area contributed by atoms with Crippen molar-refractivity contribution >= 4 is 34.4 Å². The number of carbonyl (C=O) groups is 1. The molecule has 0 radical (unpaired) electrons. The number of carbonyl (C=O) groups excluding carboxylic acids is 1. The molecule has 5 rings (SSSR count). The van der Waals surface area contributed by atoms with Crippen molar-refractivity contribution < 1.29 is 23.8 Å². The van der Waals surface area contributed by atoms with Crippen molar-refractivity contribution in [3.8, 4) is 0 Å². The van der Waals surface area contributed by atoms with Gasteiger partial charge in [-0.2, -0.15) is 5.10 Å². The van der Waals surface area contributed by atoms with Gasteiger partial charge in [-0.05, 0) is 43.0 Å². The third kappa shape index (κ3) is 4.08. The first-order valence-corrected chi connectivity index (χ1v) is 11.4. The SMILES string of the molecule is O=C(c1[nH]nc2ncnc(N[C@@H]3CCC[C@@H](O)[C@H]3O)c12)N1C[C@@H](F)C[C@@H]1c1cc(F)ccc1Cl. The Labute approximate surface area is 198 Å². The first kappa shape index (κ1) is 22.9. The monoisotopic (exact) mass is 492 g/mol. The second-order valence-corrected chi connectivity index (χ2v) is 9.14. The average Bonchev–Trinajstić information content (AvgIpc) is 3.42. The van der Waals surface area contributed by atoms with E-state index in [2.05, 4.69) is 25.5 Å². The fraction of sp³-hybridized carbons (Fsp3) is 0.455. The Balaban J connectivity index is 1.50. The van der Waals surface area contributed by atoms with Gasteiger partial charge in [-0.25, -0.2) is 18.7 Å². The normalized spacial score (nSPS) is 27.3. The number of alkyl halides is 1. The molecule has 1 aliphatic carbocycles. The Morgan fingerprint density at radius 3 is 2.91 bits per heavy atom. The zero-order valence-electron chi connectivity index (χ0n) is 18.0. The second kappa shape index (κ2) is 9.05. The Kier molecular flexibility index (Phi) is 6.09. The van der Waals surface area contributed by atoms with E-state index in [-0.39, 0.29) is 40.5 Å². The molecular formula is C22H23ClF2N6O3. The van der Waals surface area contributed by atoms with Gasteiger partial charge in [-0.1, -0.05) is 11.6 Å². The van der Waals surface area contributed by atoms with Crippen LogP contribution < -0.4 is 5.32 Å². The summed E-state index contributed by atoms with van der Waals surface area (Å²) >= 11 is 6.25. The number of halogens is 3. The van der Waals surface area contributed by atoms with E-state index in [1.807, 2.05) is 0 Å². The third-order valence-corrected chi connectivity index (χ3v) is 6.88. The molecule has 34 heavy (non-hydrogen) atoms. The second-order valence-electron chi connectivity index (χ2n) is 8.73. The van der Waals surface area contributed by atoms with Crippen molar-refractivity contribution in [3.63, 3.8) is 0 Å². The van der Waals surface area contributed by atoms with E-state index in [1.54, 1.807) is 0 Å². The molecular weight excluding hydrogens is 470 g/mol. The van der Waals surface area contributed by atoms with E-state index >= 15 is 0 Å². The molecule has 1 saturated heterocycles.